The van der Waals surface area contributed by atoms with Crippen LogP contribution in [0.3, 0.4) is 0 Å². The maximum Gasteiger partial charge on any atom is 0.0629 e. The van der Waals surface area contributed by atoms with Crippen LogP contribution >= 0.6 is 11.3 Å². The Hall–Kier alpha value is -6.94. The van der Waals surface area contributed by atoms with Crippen LogP contribution in [0.1, 0.15) is 11.5 Å². The fraction of sp³-hybridized carbons (Fsp3) is 0.0370. The highest BCUT2D eigenvalue weighted by Gasteiger charge is 2.36. The van der Waals surface area contributed by atoms with E-state index in [0.29, 0.717) is 12.0 Å². The Morgan fingerprint density at radius 1 is 0.439 bits per heavy atom. The second-order valence-electron chi connectivity index (χ2n) is 14.9. The highest BCUT2D eigenvalue weighted by atomic mass is 32.1. The van der Waals surface area contributed by atoms with Gasteiger partial charge in [0.15, 0.2) is 0 Å². The van der Waals surface area contributed by atoms with Gasteiger partial charge in [-0.05, 0) is 99.6 Å². The lowest BCUT2D eigenvalue weighted by Crippen LogP contribution is -2.28. The summed E-state index contributed by atoms with van der Waals surface area (Å²) in [5, 5.41) is 2.64. The van der Waals surface area contributed by atoms with Gasteiger partial charge >= 0.3 is 0 Å². The Morgan fingerprint density at radius 3 is 1.86 bits per heavy atom. The predicted molar refractivity (Wildman–Crippen MR) is 244 cm³/mol. The minimum atomic E-state index is 0.294. The topological polar surface area (TPSA) is 6.48 Å². The molecule has 3 heteroatoms. The first-order valence-corrected chi connectivity index (χ1v) is 20.5. The van der Waals surface area contributed by atoms with Gasteiger partial charge in [0.05, 0.1) is 6.04 Å². The summed E-state index contributed by atoms with van der Waals surface area (Å²) >= 11 is 1.88. The summed E-state index contributed by atoms with van der Waals surface area (Å²) in [5.41, 5.74) is 14.5. The van der Waals surface area contributed by atoms with Crippen LogP contribution in [-0.4, -0.2) is 6.04 Å². The van der Waals surface area contributed by atoms with Crippen molar-refractivity contribution in [3.05, 3.63) is 224 Å². The van der Waals surface area contributed by atoms with Gasteiger partial charge in [-0.15, -0.1) is 11.3 Å². The summed E-state index contributed by atoms with van der Waals surface area (Å²) in [7, 11) is 0. The summed E-state index contributed by atoms with van der Waals surface area (Å²) in [6.07, 6.45) is 9.02. The second-order valence-corrected chi connectivity index (χ2v) is 15.9. The van der Waals surface area contributed by atoms with E-state index in [0.717, 1.165) is 17.1 Å². The molecule has 0 saturated carbocycles. The van der Waals surface area contributed by atoms with E-state index in [1.165, 1.54) is 70.5 Å². The van der Waals surface area contributed by atoms with Crippen LogP contribution in [0, 0.1) is 0 Å². The highest BCUT2D eigenvalue weighted by Crippen LogP contribution is 2.48. The van der Waals surface area contributed by atoms with E-state index in [9.17, 15) is 0 Å². The third kappa shape index (κ3) is 5.87. The molecule has 9 aromatic rings. The van der Waals surface area contributed by atoms with Crippen molar-refractivity contribution in [2.24, 2.45) is 0 Å². The Balaban J connectivity index is 0.939. The van der Waals surface area contributed by atoms with Crippen molar-refractivity contribution in [1.82, 2.24) is 0 Å². The molecular formula is C54H38N2S. The molecule has 2 aliphatic rings. The van der Waals surface area contributed by atoms with E-state index in [1.807, 2.05) is 11.3 Å². The molecule has 1 aliphatic carbocycles. The standard InChI is InChI=1S/C54H38N2S/c1-2-12-37(13-3-1)41-14-10-15-45(36-41)55(43-34-28-40(29-35-43)46-19-11-20-50-49-18-6-9-23-53(49)57-54(46)50)42-30-24-38(25-31-42)39-26-32-44(33-27-39)56-51-21-7-4-16-47(51)48-17-5-8-22-52(48)56/h1-36,47,51H. The van der Waals surface area contributed by atoms with Gasteiger partial charge in [0.2, 0.25) is 0 Å². The van der Waals surface area contributed by atoms with Crippen molar-refractivity contribution in [1.29, 1.82) is 0 Å². The van der Waals surface area contributed by atoms with Crippen molar-refractivity contribution in [2.45, 2.75) is 12.0 Å². The van der Waals surface area contributed by atoms with E-state index in [-0.39, 0.29) is 0 Å². The largest absolute Gasteiger partial charge is 0.333 e. The Morgan fingerprint density at radius 2 is 1.05 bits per heavy atom. The molecule has 2 heterocycles. The number of fused-ring (bicyclic) bond motifs is 6. The van der Waals surface area contributed by atoms with Crippen LogP contribution in [0.4, 0.5) is 28.4 Å². The van der Waals surface area contributed by atoms with Crippen LogP contribution in [0.15, 0.2) is 218 Å². The summed E-state index contributed by atoms with van der Waals surface area (Å²) < 4.78 is 2.66. The summed E-state index contributed by atoms with van der Waals surface area (Å²) in [4.78, 5) is 4.86. The number of hydrogen-bond acceptors (Lipinski definition) is 3. The molecule has 8 aromatic carbocycles. The smallest absolute Gasteiger partial charge is 0.0629 e. The summed E-state index contributed by atoms with van der Waals surface area (Å²) in [6.45, 7) is 0. The second kappa shape index (κ2) is 14.0. The average Bonchev–Trinajstić information content (AvgIpc) is 3.84. The molecule has 0 N–H and O–H groups in total. The van der Waals surface area contributed by atoms with E-state index in [4.69, 9.17) is 0 Å². The lowest BCUT2D eigenvalue weighted by atomic mass is 9.91. The van der Waals surface area contributed by atoms with Crippen molar-refractivity contribution in [3.63, 3.8) is 0 Å². The van der Waals surface area contributed by atoms with E-state index >= 15 is 0 Å². The number of rotatable bonds is 7. The monoisotopic (exact) mass is 746 g/mol. The van der Waals surface area contributed by atoms with Crippen LogP contribution in [0.25, 0.3) is 53.6 Å². The normalized spacial score (nSPS) is 15.5. The number of nitrogens with zero attached hydrogens (tertiary/aromatic N) is 2. The molecule has 2 nitrogen and oxygen atoms in total. The maximum atomic E-state index is 2.49. The summed E-state index contributed by atoms with van der Waals surface area (Å²) in [5.74, 6) is 0.377. The first kappa shape index (κ1) is 33.4. The SMILES string of the molecule is C1=CC2c3ccccc3N(c3ccc(-c4ccc(N(c5ccc(-c6cccc7c6sc6ccccc67)cc5)c5cccc(-c6ccccc6)c5)cc4)cc3)C2C=C1. The molecule has 57 heavy (non-hydrogen) atoms. The predicted octanol–water partition coefficient (Wildman–Crippen LogP) is 15.3. The minimum Gasteiger partial charge on any atom is -0.333 e. The molecule has 0 spiro atoms. The van der Waals surface area contributed by atoms with Crippen LogP contribution in [0.2, 0.25) is 0 Å². The Bertz CT molecular complexity index is 2960. The van der Waals surface area contributed by atoms with Gasteiger partial charge in [-0.1, -0.05) is 158 Å². The van der Waals surface area contributed by atoms with Gasteiger partial charge < -0.3 is 9.80 Å². The molecule has 270 valence electrons. The molecule has 0 amide bonds. The van der Waals surface area contributed by atoms with E-state index in [2.05, 4.69) is 228 Å². The third-order valence-corrected chi connectivity index (χ3v) is 12.8. The maximum absolute atomic E-state index is 2.49. The molecule has 11 rings (SSSR count). The molecule has 0 saturated heterocycles. The molecule has 0 fully saturated rings. The fourth-order valence-electron chi connectivity index (χ4n) is 8.87. The van der Waals surface area contributed by atoms with Gasteiger partial charge in [0.25, 0.3) is 0 Å². The molecule has 0 bridgehead atoms. The quantitative estimate of drug-likeness (QED) is 0.160. The van der Waals surface area contributed by atoms with E-state index < -0.39 is 0 Å². The summed E-state index contributed by atoms with van der Waals surface area (Å²) in [6, 6.07) is 71.2. The third-order valence-electron chi connectivity index (χ3n) is 11.6. The van der Waals surface area contributed by atoms with Gasteiger partial charge in [0.1, 0.15) is 0 Å². The average molecular weight is 747 g/mol. The fourth-order valence-corrected chi connectivity index (χ4v) is 10.1. The van der Waals surface area contributed by atoms with Crippen LogP contribution in [-0.2, 0) is 0 Å². The molecule has 1 aromatic heterocycles. The van der Waals surface area contributed by atoms with Crippen LogP contribution in [0.5, 0.6) is 0 Å². The highest BCUT2D eigenvalue weighted by molar-refractivity contribution is 7.26. The van der Waals surface area contributed by atoms with Gasteiger partial charge in [-0.2, -0.15) is 0 Å². The zero-order valence-corrected chi connectivity index (χ0v) is 32.1. The van der Waals surface area contributed by atoms with Gasteiger partial charge in [-0.25, -0.2) is 0 Å². The van der Waals surface area contributed by atoms with Gasteiger partial charge in [-0.3, -0.25) is 0 Å². The van der Waals surface area contributed by atoms with Crippen molar-refractivity contribution < 1.29 is 0 Å². The van der Waals surface area contributed by atoms with Crippen LogP contribution < -0.4 is 9.80 Å². The molecule has 0 radical (unpaired) electrons. The number of hydrogen-bond donors (Lipinski definition) is 0. The number of para-hydroxylation sites is 1. The molecule has 1 aliphatic heterocycles. The zero-order chi connectivity index (χ0) is 37.7. The number of thiophene rings is 1. The number of benzene rings is 8. The molecule has 2 atom stereocenters. The Kier molecular flexibility index (Phi) is 8.19. The van der Waals surface area contributed by atoms with Gasteiger partial charge in [0, 0.05) is 54.5 Å². The van der Waals surface area contributed by atoms with Crippen molar-refractivity contribution in [3.8, 4) is 33.4 Å². The molecule has 2 unspecified atom stereocenters. The zero-order valence-electron chi connectivity index (χ0n) is 31.2. The lowest BCUT2D eigenvalue weighted by molar-refractivity contribution is 0.745. The van der Waals surface area contributed by atoms with Crippen molar-refractivity contribution >= 4 is 59.9 Å². The van der Waals surface area contributed by atoms with E-state index in [1.54, 1.807) is 0 Å². The lowest BCUT2D eigenvalue weighted by Gasteiger charge is -2.29. The van der Waals surface area contributed by atoms with Crippen molar-refractivity contribution in [2.75, 3.05) is 9.80 Å². The number of allylic oxidation sites excluding steroid dienone is 2. The molecular weight excluding hydrogens is 709 g/mol. The first-order valence-electron chi connectivity index (χ1n) is 19.7. The Labute approximate surface area is 337 Å². The number of anilines is 5. The first-order chi connectivity index (χ1) is 28.3. The minimum absolute atomic E-state index is 0.294.